The Balaban J connectivity index is 1.35. The summed E-state index contributed by atoms with van der Waals surface area (Å²) in [6.45, 7) is 1.10. The molecular weight excluding hydrogens is 328 g/mol. The first-order valence-electron chi connectivity index (χ1n) is 9.62. The molecule has 3 amide bonds. The first kappa shape index (κ1) is 17.0. The first-order chi connectivity index (χ1) is 12.7. The Morgan fingerprint density at radius 3 is 2.46 bits per heavy atom. The lowest BCUT2D eigenvalue weighted by Gasteiger charge is -2.38. The maximum atomic E-state index is 12.7. The highest BCUT2D eigenvalue weighted by Crippen LogP contribution is 2.35. The summed E-state index contributed by atoms with van der Waals surface area (Å²) in [6, 6.07) is 6.90. The molecule has 0 bridgehead atoms. The fourth-order valence-electron chi connectivity index (χ4n) is 4.41. The third-order valence-corrected chi connectivity index (χ3v) is 5.73. The van der Waals surface area contributed by atoms with E-state index >= 15 is 0 Å². The van der Waals surface area contributed by atoms with E-state index in [9.17, 15) is 14.4 Å². The van der Waals surface area contributed by atoms with E-state index in [-0.39, 0.29) is 17.7 Å². The number of nitrogens with zero attached hydrogens (tertiary/aromatic N) is 2. The monoisotopic (exact) mass is 352 g/mol. The van der Waals surface area contributed by atoms with Crippen LogP contribution in [0, 0.1) is 5.92 Å². The minimum absolute atomic E-state index is 0.124. The van der Waals surface area contributed by atoms with Crippen molar-refractivity contribution in [2.75, 3.05) is 13.1 Å². The van der Waals surface area contributed by atoms with E-state index in [1.165, 1.54) is 29.9 Å². The van der Waals surface area contributed by atoms with E-state index in [4.69, 9.17) is 0 Å². The molecule has 0 saturated carbocycles. The van der Waals surface area contributed by atoms with Gasteiger partial charge in [-0.05, 0) is 56.6 Å². The second-order valence-electron chi connectivity index (χ2n) is 7.36. The van der Waals surface area contributed by atoms with Crippen LogP contribution in [0.2, 0.25) is 0 Å². The van der Waals surface area contributed by atoms with Crippen molar-refractivity contribution in [2.45, 2.75) is 44.9 Å². The number of carbonyl (C=O) groups excluding carboxylic acids is 3. The summed E-state index contributed by atoms with van der Waals surface area (Å²) >= 11 is 0. The van der Waals surface area contributed by atoms with Crippen LogP contribution in [0.25, 0.3) is 0 Å². The van der Waals surface area contributed by atoms with Gasteiger partial charge in [-0.1, -0.05) is 18.2 Å². The Labute approximate surface area is 153 Å². The van der Waals surface area contributed by atoms with Crippen LogP contribution in [-0.2, 0) is 4.79 Å². The Morgan fingerprint density at radius 1 is 1.04 bits per heavy atom. The number of allylic oxidation sites excluding steroid dienone is 2. The highest BCUT2D eigenvalue weighted by atomic mass is 16.2. The first-order valence-corrected chi connectivity index (χ1v) is 9.62. The number of likely N-dealkylation sites (tertiary alicyclic amines) is 1. The van der Waals surface area contributed by atoms with Crippen LogP contribution in [-0.4, -0.2) is 40.6 Å². The summed E-state index contributed by atoms with van der Waals surface area (Å²) in [5.74, 6) is 0.175. The molecule has 26 heavy (non-hydrogen) atoms. The number of hydrogen-bond donors (Lipinski definition) is 0. The fraction of sp³-hybridized carbons (Fsp3) is 0.476. The van der Waals surface area contributed by atoms with Crippen molar-refractivity contribution >= 4 is 17.7 Å². The maximum Gasteiger partial charge on any atom is 0.261 e. The van der Waals surface area contributed by atoms with Crippen molar-refractivity contribution in [3.63, 3.8) is 0 Å². The molecule has 1 aliphatic carbocycles. The highest BCUT2D eigenvalue weighted by Gasteiger charge is 2.35. The molecule has 136 valence electrons. The van der Waals surface area contributed by atoms with Crippen LogP contribution in [0.4, 0.5) is 0 Å². The summed E-state index contributed by atoms with van der Waals surface area (Å²) in [6.07, 6.45) is 8.83. The van der Waals surface area contributed by atoms with Crippen molar-refractivity contribution < 1.29 is 14.4 Å². The minimum Gasteiger partial charge on any atom is -0.316 e. The summed E-state index contributed by atoms with van der Waals surface area (Å²) in [4.78, 5) is 40.7. The number of carbonyl (C=O) groups is 3. The van der Waals surface area contributed by atoms with Crippen LogP contribution in [0.15, 0.2) is 36.0 Å². The van der Waals surface area contributed by atoms with Crippen molar-refractivity contribution in [2.24, 2.45) is 5.92 Å². The van der Waals surface area contributed by atoms with Crippen LogP contribution >= 0.6 is 0 Å². The lowest BCUT2D eigenvalue weighted by Crippen LogP contribution is -2.39. The molecule has 0 radical (unpaired) electrons. The second kappa shape index (κ2) is 7.06. The fourth-order valence-corrected chi connectivity index (χ4v) is 4.41. The quantitative estimate of drug-likeness (QED) is 0.781. The summed E-state index contributed by atoms with van der Waals surface area (Å²) < 4.78 is 0. The number of amides is 3. The zero-order valence-corrected chi connectivity index (χ0v) is 14.9. The van der Waals surface area contributed by atoms with Gasteiger partial charge in [-0.15, -0.1) is 0 Å². The van der Waals surface area contributed by atoms with Gasteiger partial charge in [-0.25, -0.2) is 0 Å². The third-order valence-electron chi connectivity index (χ3n) is 5.73. The molecule has 1 aromatic carbocycles. The number of imide groups is 1. The zero-order valence-electron chi connectivity index (χ0n) is 14.9. The largest absolute Gasteiger partial charge is 0.316 e. The van der Waals surface area contributed by atoms with Gasteiger partial charge in [0, 0.05) is 25.2 Å². The third kappa shape index (κ3) is 2.96. The normalized spacial score (nSPS) is 22.2. The van der Waals surface area contributed by atoms with Gasteiger partial charge in [0.05, 0.1) is 11.1 Å². The average molecular weight is 352 g/mol. The number of fused-ring (bicyclic) bond motifs is 2. The van der Waals surface area contributed by atoms with Crippen molar-refractivity contribution in [1.29, 1.82) is 0 Å². The molecule has 5 nitrogen and oxygen atoms in total. The number of rotatable bonds is 4. The molecule has 1 unspecified atom stereocenters. The molecule has 1 aromatic rings. The van der Waals surface area contributed by atoms with Crippen LogP contribution in [0.3, 0.4) is 0 Å². The Morgan fingerprint density at radius 2 is 1.73 bits per heavy atom. The molecule has 1 atom stereocenters. The maximum absolute atomic E-state index is 12.7. The molecule has 2 heterocycles. The Hall–Kier alpha value is -2.43. The Bertz CT molecular complexity index is 748. The van der Waals surface area contributed by atoms with Crippen LogP contribution in [0.1, 0.15) is 65.7 Å². The number of benzene rings is 1. The lowest BCUT2D eigenvalue weighted by atomic mass is 9.85. The Kier molecular flexibility index (Phi) is 4.62. The highest BCUT2D eigenvalue weighted by molar-refractivity contribution is 6.21. The SMILES string of the molecule is O=C(CCCN1C(=O)c2ccccc2C1=O)N1CCCC2CCCC=C21. The molecule has 1 fully saturated rings. The molecule has 0 aromatic heterocycles. The van der Waals surface area contributed by atoms with Gasteiger partial charge in [0.25, 0.3) is 11.8 Å². The van der Waals surface area contributed by atoms with Gasteiger partial charge >= 0.3 is 0 Å². The van der Waals surface area contributed by atoms with Gasteiger partial charge in [0.15, 0.2) is 0 Å². The van der Waals surface area contributed by atoms with Gasteiger partial charge in [0.1, 0.15) is 0 Å². The van der Waals surface area contributed by atoms with Crippen LogP contribution in [0.5, 0.6) is 0 Å². The van der Waals surface area contributed by atoms with E-state index in [2.05, 4.69) is 6.08 Å². The smallest absolute Gasteiger partial charge is 0.261 e. The summed E-state index contributed by atoms with van der Waals surface area (Å²) in [5, 5.41) is 0. The molecule has 0 spiro atoms. The molecule has 2 aliphatic heterocycles. The molecule has 3 aliphatic rings. The standard InChI is InChI=1S/C21H24N2O3/c24-19(22-13-5-8-15-7-1-4-11-18(15)22)12-6-14-23-20(25)16-9-2-3-10-17(16)21(23)26/h2-3,9-11,15H,1,4-8,12-14H2. The van der Waals surface area contributed by atoms with E-state index in [0.29, 0.717) is 36.4 Å². The summed E-state index contributed by atoms with van der Waals surface area (Å²) in [5.41, 5.74) is 2.15. The summed E-state index contributed by atoms with van der Waals surface area (Å²) in [7, 11) is 0. The second-order valence-corrected chi connectivity index (χ2v) is 7.36. The van der Waals surface area contributed by atoms with Crippen molar-refractivity contribution in [3.05, 3.63) is 47.2 Å². The zero-order chi connectivity index (χ0) is 18.1. The number of piperidine rings is 1. The minimum atomic E-state index is -0.244. The molecule has 1 saturated heterocycles. The number of hydrogen-bond acceptors (Lipinski definition) is 3. The van der Waals surface area contributed by atoms with Crippen molar-refractivity contribution in [3.8, 4) is 0 Å². The van der Waals surface area contributed by atoms with Crippen molar-refractivity contribution in [1.82, 2.24) is 9.80 Å². The molecule has 4 rings (SSSR count). The predicted molar refractivity (Wildman–Crippen MR) is 97.4 cm³/mol. The lowest BCUT2D eigenvalue weighted by molar-refractivity contribution is -0.130. The van der Waals surface area contributed by atoms with Gasteiger partial charge < -0.3 is 4.90 Å². The van der Waals surface area contributed by atoms with Gasteiger partial charge in [-0.3, -0.25) is 19.3 Å². The van der Waals surface area contributed by atoms with E-state index in [1.54, 1.807) is 24.3 Å². The topological polar surface area (TPSA) is 57.7 Å². The molecule has 5 heteroatoms. The average Bonchev–Trinajstić information content (AvgIpc) is 2.92. The predicted octanol–water partition coefficient (Wildman–Crippen LogP) is 3.37. The molecule has 0 N–H and O–H groups in total. The van der Waals surface area contributed by atoms with E-state index in [1.807, 2.05) is 4.90 Å². The van der Waals surface area contributed by atoms with Gasteiger partial charge in [0.2, 0.25) is 5.91 Å². The van der Waals surface area contributed by atoms with E-state index < -0.39 is 0 Å². The van der Waals surface area contributed by atoms with E-state index in [0.717, 1.165) is 19.4 Å². The van der Waals surface area contributed by atoms with Gasteiger partial charge in [-0.2, -0.15) is 0 Å². The van der Waals surface area contributed by atoms with Crippen LogP contribution < -0.4 is 0 Å². The molecular formula is C21H24N2O3.